The highest BCUT2D eigenvalue weighted by molar-refractivity contribution is 6.33. The van der Waals surface area contributed by atoms with Gasteiger partial charge in [-0.25, -0.2) is 9.59 Å². The van der Waals surface area contributed by atoms with E-state index in [-0.39, 0.29) is 24.0 Å². The zero-order valence-electron chi connectivity index (χ0n) is 27.3. The Morgan fingerprint density at radius 1 is 0.979 bits per heavy atom. The summed E-state index contributed by atoms with van der Waals surface area (Å²) in [5, 5.41) is 6.56. The lowest BCUT2D eigenvalue weighted by Gasteiger charge is -2.51. The maximum absolute atomic E-state index is 14.1. The number of nitrogen functional groups attached to an aromatic ring is 1. The van der Waals surface area contributed by atoms with Crippen molar-refractivity contribution in [1.29, 1.82) is 0 Å². The predicted octanol–water partition coefficient (Wildman–Crippen LogP) is 3.60. The van der Waals surface area contributed by atoms with Crippen molar-refractivity contribution in [2.45, 2.75) is 63.7 Å². The van der Waals surface area contributed by atoms with Crippen LogP contribution in [0.15, 0.2) is 36.4 Å². The third kappa shape index (κ3) is 6.75. The molecule has 8 rings (SSSR count). The fourth-order valence-electron chi connectivity index (χ4n) is 8.36. The molecular formula is C35H47ClN8O3. The highest BCUT2D eigenvalue weighted by atomic mass is 35.5. The number of amides is 5. The molecule has 6 aliphatic rings. The smallest absolute Gasteiger partial charge is 0.322 e. The molecule has 0 aliphatic carbocycles. The first-order chi connectivity index (χ1) is 22.7. The number of benzene rings is 2. The molecular weight excluding hydrogens is 616 g/mol. The topological polar surface area (TPSA) is 117 Å². The van der Waals surface area contributed by atoms with Gasteiger partial charge in [0.05, 0.1) is 10.7 Å². The normalized spacial score (nSPS) is 25.7. The summed E-state index contributed by atoms with van der Waals surface area (Å²) in [6, 6.07) is 11.2. The van der Waals surface area contributed by atoms with E-state index in [4.69, 9.17) is 17.3 Å². The summed E-state index contributed by atoms with van der Waals surface area (Å²) in [7, 11) is 0. The number of nitrogens with one attached hydrogen (secondary N) is 2. The van der Waals surface area contributed by atoms with E-state index >= 15 is 0 Å². The van der Waals surface area contributed by atoms with Crippen LogP contribution in [0.3, 0.4) is 0 Å². The van der Waals surface area contributed by atoms with Crippen molar-refractivity contribution in [1.82, 2.24) is 29.8 Å². The molecule has 0 spiro atoms. The van der Waals surface area contributed by atoms with Gasteiger partial charge in [0, 0.05) is 76.5 Å². The van der Waals surface area contributed by atoms with E-state index in [0.717, 1.165) is 47.9 Å². The second kappa shape index (κ2) is 13.5. The minimum atomic E-state index is -0.730. The van der Waals surface area contributed by atoms with Crippen molar-refractivity contribution in [2.24, 2.45) is 5.92 Å². The zero-order chi connectivity index (χ0) is 32.7. The summed E-state index contributed by atoms with van der Waals surface area (Å²) in [6.07, 6.45) is 4.23. The van der Waals surface area contributed by atoms with Crippen molar-refractivity contribution in [3.05, 3.63) is 58.1 Å². The van der Waals surface area contributed by atoms with Crippen LogP contribution >= 0.6 is 11.6 Å². The summed E-state index contributed by atoms with van der Waals surface area (Å²) in [5.41, 5.74) is 10.3. The number of aryl methyl sites for hydroxylation is 1. The first-order valence-corrected chi connectivity index (χ1v) is 17.6. The number of nitrogens with two attached hydrogens (primary N) is 1. The Kier molecular flexibility index (Phi) is 9.22. The highest BCUT2D eigenvalue weighted by Crippen LogP contribution is 2.32. The van der Waals surface area contributed by atoms with Crippen LogP contribution in [-0.4, -0.2) is 119 Å². The number of likely N-dealkylation sites (tertiary alicyclic amines) is 1. The van der Waals surface area contributed by atoms with E-state index in [1.54, 1.807) is 11.0 Å². The third-order valence-electron chi connectivity index (χ3n) is 11.2. The Morgan fingerprint density at radius 3 is 2.38 bits per heavy atom. The number of hydrogen-bond acceptors (Lipinski definition) is 6. The molecule has 2 bridgehead atoms. The average Bonchev–Trinajstić information content (AvgIpc) is 3.10. The zero-order valence-corrected chi connectivity index (χ0v) is 28.1. The lowest BCUT2D eigenvalue weighted by atomic mass is 9.83. The Hall–Kier alpha value is -3.54. The molecule has 4 N–H and O–H groups in total. The fourth-order valence-corrected chi connectivity index (χ4v) is 8.65. The van der Waals surface area contributed by atoms with E-state index in [1.165, 1.54) is 25.9 Å². The van der Waals surface area contributed by atoms with Gasteiger partial charge in [-0.2, -0.15) is 0 Å². The number of piperazine rings is 1. The van der Waals surface area contributed by atoms with Gasteiger partial charge in [-0.05, 0) is 80.4 Å². The van der Waals surface area contributed by atoms with Crippen molar-refractivity contribution in [3.63, 3.8) is 0 Å². The Balaban J connectivity index is 0.993. The molecule has 0 radical (unpaired) electrons. The second-order valence-electron chi connectivity index (χ2n) is 14.0. The van der Waals surface area contributed by atoms with Crippen molar-refractivity contribution in [2.75, 3.05) is 70.0 Å². The molecule has 47 heavy (non-hydrogen) atoms. The molecule has 1 unspecified atom stereocenters. The number of anilines is 2. The monoisotopic (exact) mass is 662 g/mol. The molecule has 12 heteroatoms. The van der Waals surface area contributed by atoms with Gasteiger partial charge >= 0.3 is 12.1 Å². The van der Waals surface area contributed by atoms with Crippen LogP contribution in [0.2, 0.25) is 5.02 Å². The number of urea groups is 2. The molecule has 2 aromatic rings. The summed E-state index contributed by atoms with van der Waals surface area (Å²) in [5.74, 6) is 0.702. The molecule has 5 amide bonds. The number of piperidine rings is 4. The Bertz CT molecular complexity index is 1470. The molecule has 0 aromatic heterocycles. The van der Waals surface area contributed by atoms with E-state index in [0.29, 0.717) is 68.7 Å². The fraction of sp³-hybridized carbons (Fsp3) is 0.571. The summed E-state index contributed by atoms with van der Waals surface area (Å²) < 4.78 is 0. The van der Waals surface area contributed by atoms with Gasteiger partial charge in [0.1, 0.15) is 6.04 Å². The first-order valence-electron chi connectivity index (χ1n) is 17.2. The van der Waals surface area contributed by atoms with Crippen LogP contribution in [0.5, 0.6) is 0 Å². The number of hydrogen-bond donors (Lipinski definition) is 3. The van der Waals surface area contributed by atoms with Crippen molar-refractivity contribution in [3.8, 4) is 0 Å². The van der Waals surface area contributed by atoms with Gasteiger partial charge < -0.3 is 36.0 Å². The Morgan fingerprint density at radius 2 is 1.70 bits per heavy atom. The standard InChI is InChI=1S/C35H47ClN8O3/c1-23-18-24(19-28(36)32(23)37)20-30(33(45)42-16-14-41(15-17-42)31-22-40-10-6-25(31)7-11-40)39-34(46)43-12-8-27(9-13-43)44-21-26-4-2-3-5-29(26)38-35(44)47/h2-5,18-19,25,27,30-31H,6-17,20-22,37H2,1H3,(H,38,47)(H,39,46)/t30-,31?/m1/s1. The molecule has 5 fully saturated rings. The maximum Gasteiger partial charge on any atom is 0.322 e. The van der Waals surface area contributed by atoms with Crippen LogP contribution in [0.4, 0.5) is 21.0 Å². The van der Waals surface area contributed by atoms with Gasteiger partial charge in [-0.1, -0.05) is 35.9 Å². The minimum absolute atomic E-state index is 0.0391. The number of carbonyl (C=O) groups is 3. The second-order valence-corrected chi connectivity index (χ2v) is 14.4. The largest absolute Gasteiger partial charge is 0.397 e. The lowest BCUT2D eigenvalue weighted by molar-refractivity contribution is -0.136. The van der Waals surface area contributed by atoms with Gasteiger partial charge in [-0.3, -0.25) is 9.69 Å². The highest BCUT2D eigenvalue weighted by Gasteiger charge is 2.40. The quantitative estimate of drug-likeness (QED) is 0.407. The van der Waals surface area contributed by atoms with E-state index in [1.807, 2.05) is 47.1 Å². The number of carbonyl (C=O) groups excluding carboxylic acids is 3. The molecule has 6 heterocycles. The third-order valence-corrected chi connectivity index (χ3v) is 11.5. The van der Waals surface area contributed by atoms with E-state index in [9.17, 15) is 14.4 Å². The predicted molar refractivity (Wildman–Crippen MR) is 183 cm³/mol. The number of nitrogens with zero attached hydrogens (tertiary/aromatic N) is 5. The van der Waals surface area contributed by atoms with Gasteiger partial charge in [0.25, 0.3) is 0 Å². The van der Waals surface area contributed by atoms with Gasteiger partial charge in [-0.15, -0.1) is 0 Å². The number of halogens is 1. The molecule has 6 aliphatic heterocycles. The minimum Gasteiger partial charge on any atom is -0.397 e. The molecule has 252 valence electrons. The molecule has 2 atom stereocenters. The van der Waals surface area contributed by atoms with Crippen LogP contribution in [-0.2, 0) is 17.8 Å². The number of para-hydroxylation sites is 1. The van der Waals surface area contributed by atoms with Crippen LogP contribution in [0.1, 0.15) is 42.4 Å². The SMILES string of the molecule is Cc1cc(C[C@@H](NC(=O)N2CCC(N3Cc4ccccc4NC3=O)CC2)C(=O)N2CCN(C3CN4CCC3CC4)CC2)cc(Cl)c1N. The summed E-state index contributed by atoms with van der Waals surface area (Å²) in [6.45, 7) is 10.1. The van der Waals surface area contributed by atoms with Gasteiger partial charge in [0.2, 0.25) is 5.91 Å². The van der Waals surface area contributed by atoms with Gasteiger partial charge in [0.15, 0.2) is 0 Å². The molecule has 0 saturated carbocycles. The van der Waals surface area contributed by atoms with Crippen LogP contribution in [0, 0.1) is 12.8 Å². The molecule has 11 nitrogen and oxygen atoms in total. The average molecular weight is 663 g/mol. The van der Waals surface area contributed by atoms with Crippen LogP contribution in [0.25, 0.3) is 0 Å². The lowest BCUT2D eigenvalue weighted by Crippen LogP contribution is -2.63. The number of rotatable bonds is 6. The van der Waals surface area contributed by atoms with E-state index in [2.05, 4.69) is 20.4 Å². The summed E-state index contributed by atoms with van der Waals surface area (Å²) in [4.78, 5) is 51.5. The Labute approximate surface area is 282 Å². The number of fused-ring (bicyclic) bond motifs is 4. The first kappa shape index (κ1) is 32.0. The maximum atomic E-state index is 14.1. The van der Waals surface area contributed by atoms with E-state index < -0.39 is 6.04 Å². The summed E-state index contributed by atoms with van der Waals surface area (Å²) >= 11 is 6.43. The molecule has 5 saturated heterocycles. The van der Waals surface area contributed by atoms with Crippen LogP contribution < -0.4 is 16.4 Å². The van der Waals surface area contributed by atoms with Crippen molar-refractivity contribution < 1.29 is 14.4 Å². The van der Waals surface area contributed by atoms with Crippen molar-refractivity contribution >= 4 is 40.9 Å². The molecule has 2 aromatic carbocycles.